The van der Waals surface area contributed by atoms with E-state index < -0.39 is 0 Å². The Morgan fingerprint density at radius 3 is 1.19 bits per heavy atom. The van der Waals surface area contributed by atoms with Crippen LogP contribution >= 0.6 is 11.6 Å². The molecule has 0 N–H and O–H groups in total. The molecule has 1 aliphatic rings. The average Bonchev–Trinajstić information content (AvgIpc) is 3.18. The van der Waals surface area contributed by atoms with E-state index in [1.807, 2.05) is 24.3 Å². The van der Waals surface area contributed by atoms with Crippen LogP contribution in [0.25, 0.3) is 36.5 Å². The van der Waals surface area contributed by atoms with Gasteiger partial charge in [0.05, 0.1) is 0 Å². The topological polar surface area (TPSA) is 12.5 Å². The minimum absolute atomic E-state index is 0.0910. The maximum Gasteiger partial charge on any atom is 0.375 e. The lowest BCUT2D eigenvalue weighted by molar-refractivity contribution is -0.00482. The van der Waals surface area contributed by atoms with Crippen LogP contribution in [0.2, 0.25) is 5.31 Å². The van der Waals surface area contributed by atoms with E-state index in [1.165, 1.54) is 29.2 Å². The average molecular weight is 730 g/mol. The molecule has 0 amide bonds. The second kappa shape index (κ2) is 15.9. The highest BCUT2D eigenvalue weighted by molar-refractivity contribution is 8.25. The summed E-state index contributed by atoms with van der Waals surface area (Å²) in [7, 11) is 0. The fourth-order valence-electron chi connectivity index (χ4n) is 6.15. The molecule has 0 aromatic heterocycles. The molecule has 0 unspecified atom stereocenters. The van der Waals surface area contributed by atoms with Crippen LogP contribution in [0.1, 0.15) is 61.1 Å². The normalized spacial score (nSPS) is 14.9. The highest BCUT2D eigenvalue weighted by atomic mass is 32.2. The molecule has 6 aromatic carbocycles. The van der Waals surface area contributed by atoms with Crippen LogP contribution in [0.3, 0.4) is 0 Å². The van der Waals surface area contributed by atoms with Crippen molar-refractivity contribution < 1.29 is 13.4 Å². The lowest BCUT2D eigenvalue weighted by Gasteiger charge is -2.56. The van der Waals surface area contributed by atoms with Gasteiger partial charge in [-0.2, -0.15) is 0 Å². The first kappa shape index (κ1) is 36.9. The number of anilines is 3. The summed E-state index contributed by atoms with van der Waals surface area (Å²) in [5.74, 6) is -0.490. The molecule has 54 heavy (non-hydrogen) atoms. The van der Waals surface area contributed by atoms with Gasteiger partial charge in [0.25, 0.3) is 0 Å². The summed E-state index contributed by atoms with van der Waals surface area (Å²) in [5.41, 5.74) is 9.14. The smallest absolute Gasteiger partial charge is 0.375 e. The summed E-state index contributed by atoms with van der Waals surface area (Å²) in [6.45, 7) is 8.87. The number of nitrogens with zero attached hydrogens (tertiary/aromatic N) is 1. The minimum atomic E-state index is -0.245. The van der Waals surface area contributed by atoms with Gasteiger partial charge in [0.1, 0.15) is 11.6 Å². The molecule has 1 fully saturated rings. The number of rotatable bonds is 11. The first-order chi connectivity index (χ1) is 26.0. The van der Waals surface area contributed by atoms with Gasteiger partial charge in [-0.05, 0) is 125 Å². The van der Waals surface area contributed by atoms with Gasteiger partial charge in [-0.25, -0.2) is 8.78 Å². The fourth-order valence-corrected chi connectivity index (χ4v) is 7.63. The molecule has 2 nitrogen and oxygen atoms in total. The van der Waals surface area contributed by atoms with Crippen LogP contribution in [0.5, 0.6) is 0 Å². The molecule has 1 aliphatic heterocycles. The first-order valence-electron chi connectivity index (χ1n) is 18.1. The third-order valence-electron chi connectivity index (χ3n) is 10.2. The molecule has 0 aliphatic carbocycles. The Morgan fingerprint density at radius 1 is 0.481 bits per heavy atom. The van der Waals surface area contributed by atoms with E-state index in [4.69, 9.17) is 4.65 Å². The molecule has 0 bridgehead atoms. The Labute approximate surface area is 322 Å². The molecule has 0 spiro atoms. The molecular weight excluding hydrogens is 687 g/mol. The first-order valence-corrected chi connectivity index (χ1v) is 19.0. The standard InChI is InChI=1S/C48H42BF2NOS/c1-47(2)48(3,4)53-49(47)54-46-7-5-6-40(34-46)13-12-39-22-32-45(33-23-39)52(43-28-18-37(19-29-43)10-8-35-14-24-41(50)25-15-35)44-30-20-38(21-31-44)11-9-36-16-26-42(51)27-17-36/h5-34H,1-4H3/b10-8+,11-9+,13-12+. The number of halogens is 2. The second-order valence-electron chi connectivity index (χ2n) is 14.6. The Kier molecular flexibility index (Phi) is 10.9. The number of hydrogen-bond donors (Lipinski definition) is 0. The number of hydrogen-bond acceptors (Lipinski definition) is 3. The van der Waals surface area contributed by atoms with Crippen molar-refractivity contribution in [3.63, 3.8) is 0 Å². The van der Waals surface area contributed by atoms with Crippen molar-refractivity contribution in [2.24, 2.45) is 0 Å². The minimum Gasteiger partial charge on any atom is -0.420 e. The molecule has 268 valence electrons. The molecule has 0 atom stereocenters. The SMILES string of the molecule is CC1(C)OB(Sc2cccc(/C=C/c3ccc(N(c4ccc(/C=C/c5ccc(F)cc5)cc4)c4ccc(/C=C/c5ccc(F)cc5)cc4)cc3)c2)C1(C)C. The van der Waals surface area contributed by atoms with Crippen molar-refractivity contribution in [2.75, 3.05) is 4.90 Å². The van der Waals surface area contributed by atoms with Gasteiger partial charge >= 0.3 is 6.19 Å². The van der Waals surface area contributed by atoms with Gasteiger partial charge in [0.2, 0.25) is 0 Å². The summed E-state index contributed by atoms with van der Waals surface area (Å²) < 4.78 is 32.9. The van der Waals surface area contributed by atoms with Gasteiger partial charge in [-0.1, -0.05) is 123 Å². The monoisotopic (exact) mass is 729 g/mol. The van der Waals surface area contributed by atoms with E-state index in [-0.39, 0.29) is 28.7 Å². The highest BCUT2D eigenvalue weighted by Gasteiger charge is 2.59. The second-order valence-corrected chi connectivity index (χ2v) is 15.7. The Hall–Kier alpha value is -5.43. The Bertz CT molecular complexity index is 2180. The van der Waals surface area contributed by atoms with E-state index in [0.29, 0.717) is 0 Å². The Balaban J connectivity index is 1.11. The van der Waals surface area contributed by atoms with Gasteiger partial charge in [-0.3, -0.25) is 0 Å². The van der Waals surface area contributed by atoms with Crippen molar-refractivity contribution in [3.8, 4) is 0 Å². The zero-order valence-corrected chi connectivity index (χ0v) is 31.7. The van der Waals surface area contributed by atoms with E-state index in [0.717, 1.165) is 50.4 Å². The number of benzene rings is 6. The Morgan fingerprint density at radius 2 is 0.833 bits per heavy atom. The summed E-state index contributed by atoms with van der Waals surface area (Å²) in [5, 5.41) is 0.0910. The van der Waals surface area contributed by atoms with Crippen LogP contribution in [0, 0.1) is 11.6 Å². The molecule has 1 saturated heterocycles. The van der Waals surface area contributed by atoms with E-state index >= 15 is 0 Å². The largest absolute Gasteiger partial charge is 0.420 e. The van der Waals surface area contributed by atoms with Gasteiger partial charge < -0.3 is 9.55 Å². The van der Waals surface area contributed by atoms with Crippen molar-refractivity contribution >= 4 is 71.3 Å². The maximum absolute atomic E-state index is 13.4. The van der Waals surface area contributed by atoms with Crippen LogP contribution < -0.4 is 4.90 Å². The predicted octanol–water partition coefficient (Wildman–Crippen LogP) is 14.1. The third-order valence-corrected chi connectivity index (χ3v) is 11.7. The highest BCUT2D eigenvalue weighted by Crippen LogP contribution is 2.58. The molecular formula is C48H42BF2NOS. The maximum atomic E-state index is 13.4. The molecule has 0 saturated carbocycles. The summed E-state index contributed by atoms with van der Waals surface area (Å²) in [4.78, 5) is 3.44. The molecule has 7 rings (SSSR count). The van der Waals surface area contributed by atoms with E-state index in [9.17, 15) is 8.78 Å². The van der Waals surface area contributed by atoms with Crippen LogP contribution in [0.15, 0.2) is 150 Å². The predicted molar refractivity (Wildman–Crippen MR) is 228 cm³/mol. The van der Waals surface area contributed by atoms with Gasteiger partial charge in [0.15, 0.2) is 0 Å². The molecule has 0 radical (unpaired) electrons. The molecule has 6 aromatic rings. The zero-order valence-electron chi connectivity index (χ0n) is 30.9. The molecule has 1 heterocycles. The summed E-state index contributed by atoms with van der Waals surface area (Å²) in [6, 6.07) is 46.9. The van der Waals surface area contributed by atoms with Gasteiger partial charge in [-0.15, -0.1) is 11.6 Å². The summed E-state index contributed by atoms with van der Waals surface area (Å²) >= 11 is 1.79. The van der Waals surface area contributed by atoms with Crippen molar-refractivity contribution in [1.82, 2.24) is 0 Å². The van der Waals surface area contributed by atoms with Crippen molar-refractivity contribution in [2.45, 2.75) is 43.5 Å². The van der Waals surface area contributed by atoms with Crippen LogP contribution in [0.4, 0.5) is 25.8 Å². The van der Waals surface area contributed by atoms with Gasteiger partial charge in [0, 0.05) is 28.0 Å². The van der Waals surface area contributed by atoms with Crippen molar-refractivity contribution in [3.05, 3.63) is 191 Å². The lowest BCUT2D eigenvalue weighted by atomic mass is 9.49. The molecule has 6 heteroatoms. The zero-order chi connectivity index (χ0) is 37.7. The van der Waals surface area contributed by atoms with Crippen LogP contribution in [-0.4, -0.2) is 11.8 Å². The van der Waals surface area contributed by atoms with E-state index in [1.54, 1.807) is 35.9 Å². The fraction of sp³-hybridized carbons (Fsp3) is 0.125. The van der Waals surface area contributed by atoms with E-state index in [2.05, 4.69) is 142 Å². The summed E-state index contributed by atoms with van der Waals surface area (Å²) in [6.07, 6.45) is 12.5. The quantitative estimate of drug-likeness (QED) is 0.0973. The third kappa shape index (κ3) is 8.68. The van der Waals surface area contributed by atoms with Crippen LogP contribution in [-0.2, 0) is 4.65 Å². The lowest BCUT2D eigenvalue weighted by Crippen LogP contribution is -2.59. The van der Waals surface area contributed by atoms with Crippen molar-refractivity contribution in [1.29, 1.82) is 0 Å².